The predicted octanol–water partition coefficient (Wildman–Crippen LogP) is 3.02. The maximum atomic E-state index is 12.3. The third-order valence-corrected chi connectivity index (χ3v) is 3.77. The number of carbonyl (C=O) groups is 2. The molecule has 0 saturated heterocycles. The lowest BCUT2D eigenvalue weighted by atomic mass is 10.1. The molecular weight excluding hydrogens is 302 g/mol. The number of anilines is 2. The van der Waals surface area contributed by atoms with Crippen LogP contribution >= 0.6 is 0 Å². The van der Waals surface area contributed by atoms with Crippen LogP contribution in [0.4, 0.5) is 11.4 Å². The summed E-state index contributed by atoms with van der Waals surface area (Å²) in [5.74, 6) is -0.226. The van der Waals surface area contributed by atoms with Crippen LogP contribution in [-0.2, 0) is 0 Å². The minimum atomic E-state index is -0.175. The quantitative estimate of drug-likeness (QED) is 0.940. The predicted molar refractivity (Wildman–Crippen MR) is 97.9 cm³/mol. The van der Waals surface area contributed by atoms with Gasteiger partial charge in [-0.1, -0.05) is 0 Å². The Morgan fingerprint density at radius 1 is 0.917 bits per heavy atom. The largest absolute Gasteiger partial charge is 0.378 e. The van der Waals surface area contributed by atoms with E-state index in [1.807, 2.05) is 44.1 Å². The standard InChI is InChI=1S/C19H23N3O2/c1-13-12-15(8-11-17(13)19(24)22(4)5)20-18(23)14-6-9-16(10-7-14)21(2)3/h6-12H,1-5H3,(H,20,23). The molecule has 0 aliphatic rings. The van der Waals surface area contributed by atoms with Crippen LogP contribution in [0.15, 0.2) is 42.5 Å². The maximum absolute atomic E-state index is 12.3. The number of carbonyl (C=O) groups excluding carboxylic acids is 2. The summed E-state index contributed by atoms with van der Waals surface area (Å²) in [5.41, 5.74) is 3.76. The minimum Gasteiger partial charge on any atom is -0.378 e. The molecule has 0 aliphatic heterocycles. The number of benzene rings is 2. The van der Waals surface area contributed by atoms with Gasteiger partial charge in [-0.25, -0.2) is 0 Å². The Bertz CT molecular complexity index is 750. The summed E-state index contributed by atoms with van der Waals surface area (Å²) in [7, 11) is 7.34. The molecule has 0 bridgehead atoms. The topological polar surface area (TPSA) is 52.7 Å². The minimum absolute atomic E-state index is 0.0512. The molecule has 5 nitrogen and oxygen atoms in total. The molecule has 0 radical (unpaired) electrons. The van der Waals surface area contributed by atoms with Gasteiger partial charge in [-0.3, -0.25) is 9.59 Å². The summed E-state index contributed by atoms with van der Waals surface area (Å²) in [4.78, 5) is 27.9. The van der Waals surface area contributed by atoms with Crippen LogP contribution in [-0.4, -0.2) is 44.9 Å². The Hall–Kier alpha value is -2.82. The molecule has 0 unspecified atom stereocenters. The van der Waals surface area contributed by atoms with Crippen LogP contribution in [0.25, 0.3) is 0 Å². The van der Waals surface area contributed by atoms with E-state index in [9.17, 15) is 9.59 Å². The van der Waals surface area contributed by atoms with E-state index in [1.165, 1.54) is 4.90 Å². The molecule has 0 aromatic heterocycles. The number of amides is 2. The highest BCUT2D eigenvalue weighted by molar-refractivity contribution is 6.05. The molecule has 2 amide bonds. The van der Waals surface area contributed by atoms with Crippen molar-refractivity contribution >= 4 is 23.2 Å². The van der Waals surface area contributed by atoms with Crippen molar-refractivity contribution < 1.29 is 9.59 Å². The average Bonchev–Trinajstić information content (AvgIpc) is 2.54. The van der Waals surface area contributed by atoms with Gasteiger partial charge in [-0.2, -0.15) is 0 Å². The second-order valence-electron chi connectivity index (χ2n) is 6.12. The zero-order chi connectivity index (χ0) is 17.9. The first-order chi connectivity index (χ1) is 11.3. The lowest BCUT2D eigenvalue weighted by Gasteiger charge is -2.14. The summed E-state index contributed by atoms with van der Waals surface area (Å²) in [6, 6.07) is 12.7. The van der Waals surface area contributed by atoms with Gasteiger partial charge in [-0.15, -0.1) is 0 Å². The van der Waals surface area contributed by atoms with E-state index < -0.39 is 0 Å². The molecule has 2 aromatic carbocycles. The molecule has 0 atom stereocenters. The summed E-state index contributed by atoms with van der Waals surface area (Å²) in [5, 5.41) is 2.87. The van der Waals surface area contributed by atoms with Crippen molar-refractivity contribution in [1.82, 2.24) is 4.90 Å². The zero-order valence-electron chi connectivity index (χ0n) is 14.8. The number of hydrogen-bond donors (Lipinski definition) is 1. The van der Waals surface area contributed by atoms with Gasteiger partial charge in [0.05, 0.1) is 0 Å². The number of rotatable bonds is 4. The summed E-state index contributed by atoms with van der Waals surface area (Å²) < 4.78 is 0. The van der Waals surface area contributed by atoms with Crippen molar-refractivity contribution in [2.45, 2.75) is 6.92 Å². The van der Waals surface area contributed by atoms with Crippen LogP contribution < -0.4 is 10.2 Å². The van der Waals surface area contributed by atoms with E-state index in [-0.39, 0.29) is 11.8 Å². The molecule has 2 rings (SSSR count). The molecule has 0 spiro atoms. The van der Waals surface area contributed by atoms with Crippen molar-refractivity contribution in [2.75, 3.05) is 38.4 Å². The molecule has 1 N–H and O–H groups in total. The first-order valence-electron chi connectivity index (χ1n) is 7.70. The smallest absolute Gasteiger partial charge is 0.255 e. The lowest BCUT2D eigenvalue weighted by molar-refractivity contribution is 0.0826. The average molecular weight is 325 g/mol. The highest BCUT2D eigenvalue weighted by Gasteiger charge is 2.12. The van der Waals surface area contributed by atoms with Gasteiger partial charge in [-0.05, 0) is 55.0 Å². The van der Waals surface area contributed by atoms with Gasteiger partial charge in [0, 0.05) is 50.7 Å². The summed E-state index contributed by atoms with van der Waals surface area (Å²) in [6.07, 6.45) is 0. The Kier molecular flexibility index (Phi) is 5.24. The summed E-state index contributed by atoms with van der Waals surface area (Å²) in [6.45, 7) is 1.86. The number of nitrogens with one attached hydrogen (secondary N) is 1. The fourth-order valence-electron chi connectivity index (χ4n) is 2.34. The van der Waals surface area contributed by atoms with Crippen molar-refractivity contribution in [3.63, 3.8) is 0 Å². The van der Waals surface area contributed by atoms with Crippen LogP contribution in [0, 0.1) is 6.92 Å². The molecule has 0 aliphatic carbocycles. The van der Waals surface area contributed by atoms with Crippen LogP contribution in [0.2, 0.25) is 0 Å². The SMILES string of the molecule is Cc1cc(NC(=O)c2ccc(N(C)C)cc2)ccc1C(=O)N(C)C. The van der Waals surface area contributed by atoms with Gasteiger partial charge >= 0.3 is 0 Å². The fourth-order valence-corrected chi connectivity index (χ4v) is 2.34. The molecule has 0 saturated carbocycles. The van der Waals surface area contributed by atoms with Crippen LogP contribution in [0.5, 0.6) is 0 Å². The van der Waals surface area contributed by atoms with Gasteiger partial charge in [0.25, 0.3) is 11.8 Å². The molecule has 24 heavy (non-hydrogen) atoms. The van der Waals surface area contributed by atoms with E-state index in [4.69, 9.17) is 0 Å². The van der Waals surface area contributed by atoms with E-state index in [1.54, 1.807) is 38.4 Å². The number of nitrogens with zero attached hydrogens (tertiary/aromatic N) is 2. The zero-order valence-corrected chi connectivity index (χ0v) is 14.8. The van der Waals surface area contributed by atoms with Crippen molar-refractivity contribution in [2.24, 2.45) is 0 Å². The third-order valence-electron chi connectivity index (χ3n) is 3.77. The Morgan fingerprint density at radius 3 is 2.04 bits per heavy atom. The van der Waals surface area contributed by atoms with Crippen molar-refractivity contribution in [3.05, 3.63) is 59.2 Å². The van der Waals surface area contributed by atoms with E-state index in [0.717, 1.165) is 11.3 Å². The molecular formula is C19H23N3O2. The van der Waals surface area contributed by atoms with Gasteiger partial charge in [0.2, 0.25) is 0 Å². The Morgan fingerprint density at radius 2 is 1.54 bits per heavy atom. The molecule has 2 aromatic rings. The first-order valence-corrected chi connectivity index (χ1v) is 7.70. The lowest BCUT2D eigenvalue weighted by Crippen LogP contribution is -2.22. The second kappa shape index (κ2) is 7.17. The highest BCUT2D eigenvalue weighted by atomic mass is 16.2. The van der Waals surface area contributed by atoms with Crippen molar-refractivity contribution in [3.8, 4) is 0 Å². The Balaban J connectivity index is 2.14. The molecule has 126 valence electrons. The molecule has 0 heterocycles. The van der Waals surface area contributed by atoms with E-state index in [0.29, 0.717) is 16.8 Å². The van der Waals surface area contributed by atoms with Crippen molar-refractivity contribution in [1.29, 1.82) is 0 Å². The fraction of sp³-hybridized carbons (Fsp3) is 0.263. The maximum Gasteiger partial charge on any atom is 0.255 e. The number of aryl methyl sites for hydroxylation is 1. The third kappa shape index (κ3) is 3.93. The first kappa shape index (κ1) is 17.5. The monoisotopic (exact) mass is 325 g/mol. The Labute approximate surface area is 142 Å². The molecule has 0 fully saturated rings. The van der Waals surface area contributed by atoms with Gasteiger partial charge < -0.3 is 15.1 Å². The van der Waals surface area contributed by atoms with Gasteiger partial charge in [0.1, 0.15) is 0 Å². The van der Waals surface area contributed by atoms with Gasteiger partial charge in [0.15, 0.2) is 0 Å². The van der Waals surface area contributed by atoms with E-state index in [2.05, 4.69) is 5.32 Å². The second-order valence-corrected chi connectivity index (χ2v) is 6.12. The van der Waals surface area contributed by atoms with Crippen LogP contribution in [0.3, 0.4) is 0 Å². The highest BCUT2D eigenvalue weighted by Crippen LogP contribution is 2.18. The normalized spacial score (nSPS) is 10.2. The molecule has 5 heteroatoms. The summed E-state index contributed by atoms with van der Waals surface area (Å²) >= 11 is 0. The van der Waals surface area contributed by atoms with Crippen LogP contribution in [0.1, 0.15) is 26.3 Å². The van der Waals surface area contributed by atoms with E-state index >= 15 is 0 Å². The number of hydrogen-bond acceptors (Lipinski definition) is 3.